The molecule has 100 valence electrons. The van der Waals surface area contributed by atoms with Gasteiger partial charge >= 0.3 is 0 Å². The van der Waals surface area contributed by atoms with E-state index < -0.39 is 0 Å². The summed E-state index contributed by atoms with van der Waals surface area (Å²) < 4.78 is 0. The van der Waals surface area contributed by atoms with Crippen LogP contribution >= 0.6 is 0 Å². The normalized spacial score (nSPS) is 25.8. The van der Waals surface area contributed by atoms with Gasteiger partial charge in [0.25, 0.3) is 0 Å². The fourth-order valence-electron chi connectivity index (χ4n) is 2.63. The van der Waals surface area contributed by atoms with Gasteiger partial charge in [-0.3, -0.25) is 4.79 Å². The zero-order valence-corrected chi connectivity index (χ0v) is 10.8. The van der Waals surface area contributed by atoms with Crippen LogP contribution in [0.5, 0.6) is 0 Å². The van der Waals surface area contributed by atoms with Gasteiger partial charge in [-0.15, -0.1) is 0 Å². The Morgan fingerprint density at radius 2 is 2.24 bits per heavy atom. The number of nitrogens with two attached hydrogens (primary N) is 1. The van der Waals surface area contributed by atoms with Crippen LogP contribution in [0.2, 0.25) is 0 Å². The van der Waals surface area contributed by atoms with Crippen molar-refractivity contribution in [2.24, 2.45) is 17.6 Å². The van der Waals surface area contributed by atoms with Crippen LogP contribution in [-0.2, 0) is 4.79 Å². The minimum absolute atomic E-state index is 0.00593. The fraction of sp³-hybridized carbons (Fsp3) is 0.923. The number of carbonyl (C=O) groups excluding carboxylic acids is 1. The van der Waals surface area contributed by atoms with Gasteiger partial charge < -0.3 is 16.2 Å². The fourth-order valence-corrected chi connectivity index (χ4v) is 2.63. The molecule has 1 fully saturated rings. The van der Waals surface area contributed by atoms with Crippen molar-refractivity contribution in [2.45, 2.75) is 51.5 Å². The number of carbonyl (C=O) groups is 1. The number of amides is 1. The highest BCUT2D eigenvalue weighted by Crippen LogP contribution is 2.24. The first-order valence-corrected chi connectivity index (χ1v) is 6.83. The topological polar surface area (TPSA) is 75.3 Å². The van der Waals surface area contributed by atoms with Crippen LogP contribution in [0.1, 0.15) is 45.4 Å². The first-order valence-electron chi connectivity index (χ1n) is 6.83. The van der Waals surface area contributed by atoms with Crippen molar-refractivity contribution in [2.75, 3.05) is 13.2 Å². The Hall–Kier alpha value is -0.610. The Morgan fingerprint density at radius 1 is 1.47 bits per heavy atom. The van der Waals surface area contributed by atoms with Crippen molar-refractivity contribution in [3.8, 4) is 0 Å². The van der Waals surface area contributed by atoms with Gasteiger partial charge in [-0.2, -0.15) is 0 Å². The van der Waals surface area contributed by atoms with E-state index >= 15 is 0 Å². The van der Waals surface area contributed by atoms with E-state index in [0.717, 1.165) is 38.5 Å². The molecule has 3 atom stereocenters. The van der Waals surface area contributed by atoms with Gasteiger partial charge in [-0.1, -0.05) is 19.8 Å². The number of hydrogen-bond acceptors (Lipinski definition) is 3. The lowest BCUT2D eigenvalue weighted by Gasteiger charge is -2.19. The number of hydrogen-bond donors (Lipinski definition) is 3. The molecule has 1 amide bonds. The van der Waals surface area contributed by atoms with Crippen LogP contribution in [0.15, 0.2) is 0 Å². The summed E-state index contributed by atoms with van der Waals surface area (Å²) in [5, 5.41) is 11.9. The molecule has 1 saturated carbocycles. The Kier molecular flexibility index (Phi) is 6.52. The SMILES string of the molecule is CCCC(CCO)CNC(=O)C1CCCC1N. The molecule has 0 aromatic heterocycles. The average molecular weight is 242 g/mol. The Bertz CT molecular complexity index is 227. The number of nitrogens with one attached hydrogen (secondary N) is 1. The van der Waals surface area contributed by atoms with E-state index in [2.05, 4.69) is 12.2 Å². The van der Waals surface area contributed by atoms with E-state index in [9.17, 15) is 4.79 Å². The summed E-state index contributed by atoms with van der Waals surface area (Å²) >= 11 is 0. The predicted octanol–water partition coefficient (Wildman–Crippen LogP) is 1.03. The standard InChI is InChI=1S/C13H26N2O2/c1-2-4-10(7-8-16)9-15-13(17)11-5-3-6-12(11)14/h10-12,16H,2-9,14H2,1H3,(H,15,17). The zero-order chi connectivity index (χ0) is 12.7. The molecule has 3 unspecified atom stereocenters. The van der Waals surface area contributed by atoms with E-state index in [1.54, 1.807) is 0 Å². The lowest BCUT2D eigenvalue weighted by atomic mass is 9.99. The summed E-state index contributed by atoms with van der Waals surface area (Å²) in [6.45, 7) is 3.00. The van der Waals surface area contributed by atoms with Crippen LogP contribution in [0.4, 0.5) is 0 Å². The Morgan fingerprint density at radius 3 is 2.76 bits per heavy atom. The summed E-state index contributed by atoms with van der Waals surface area (Å²) in [5.74, 6) is 0.507. The van der Waals surface area contributed by atoms with Crippen molar-refractivity contribution in [1.82, 2.24) is 5.32 Å². The predicted molar refractivity (Wildman–Crippen MR) is 68.4 cm³/mol. The molecule has 4 heteroatoms. The molecule has 0 bridgehead atoms. The molecule has 17 heavy (non-hydrogen) atoms. The van der Waals surface area contributed by atoms with Gasteiger partial charge in [0.2, 0.25) is 5.91 Å². The molecule has 0 spiro atoms. The maximum atomic E-state index is 11.9. The molecular formula is C13H26N2O2. The third-order valence-corrected chi connectivity index (χ3v) is 3.71. The van der Waals surface area contributed by atoms with Gasteiger partial charge in [0.15, 0.2) is 0 Å². The van der Waals surface area contributed by atoms with E-state index in [-0.39, 0.29) is 24.5 Å². The van der Waals surface area contributed by atoms with Gasteiger partial charge in [-0.05, 0) is 31.6 Å². The molecule has 0 saturated heterocycles. The van der Waals surface area contributed by atoms with Crippen LogP contribution in [0, 0.1) is 11.8 Å². The van der Waals surface area contributed by atoms with Gasteiger partial charge in [0, 0.05) is 19.2 Å². The number of aliphatic hydroxyl groups excluding tert-OH is 1. The highest BCUT2D eigenvalue weighted by molar-refractivity contribution is 5.79. The third kappa shape index (κ3) is 4.64. The van der Waals surface area contributed by atoms with Gasteiger partial charge in [0.05, 0.1) is 5.92 Å². The zero-order valence-electron chi connectivity index (χ0n) is 10.8. The van der Waals surface area contributed by atoms with Crippen molar-refractivity contribution >= 4 is 5.91 Å². The quantitative estimate of drug-likeness (QED) is 0.624. The summed E-state index contributed by atoms with van der Waals surface area (Å²) in [7, 11) is 0. The van der Waals surface area contributed by atoms with Crippen molar-refractivity contribution in [3.05, 3.63) is 0 Å². The van der Waals surface area contributed by atoms with E-state index in [1.807, 2.05) is 0 Å². The summed E-state index contributed by atoms with van der Waals surface area (Å²) in [4.78, 5) is 11.9. The molecular weight excluding hydrogens is 216 g/mol. The summed E-state index contributed by atoms with van der Waals surface area (Å²) in [6, 6.07) is 0.0393. The molecule has 0 aliphatic heterocycles. The lowest BCUT2D eigenvalue weighted by Crippen LogP contribution is -2.40. The summed E-state index contributed by atoms with van der Waals surface area (Å²) in [6.07, 6.45) is 5.86. The summed E-state index contributed by atoms with van der Waals surface area (Å²) in [5.41, 5.74) is 5.90. The highest BCUT2D eigenvalue weighted by Gasteiger charge is 2.30. The average Bonchev–Trinajstić information content (AvgIpc) is 2.72. The van der Waals surface area contributed by atoms with E-state index in [0.29, 0.717) is 12.5 Å². The molecule has 1 aliphatic carbocycles. The largest absolute Gasteiger partial charge is 0.396 e. The minimum Gasteiger partial charge on any atom is -0.396 e. The van der Waals surface area contributed by atoms with Crippen molar-refractivity contribution in [3.63, 3.8) is 0 Å². The van der Waals surface area contributed by atoms with Crippen LogP contribution in [0.3, 0.4) is 0 Å². The molecule has 0 aromatic carbocycles. The van der Waals surface area contributed by atoms with Gasteiger partial charge in [0.1, 0.15) is 0 Å². The highest BCUT2D eigenvalue weighted by atomic mass is 16.3. The van der Waals surface area contributed by atoms with Gasteiger partial charge in [-0.25, -0.2) is 0 Å². The van der Waals surface area contributed by atoms with Crippen LogP contribution in [-0.4, -0.2) is 30.2 Å². The van der Waals surface area contributed by atoms with Crippen molar-refractivity contribution in [1.29, 1.82) is 0 Å². The Labute approximate surface area is 104 Å². The molecule has 0 aromatic rings. The monoisotopic (exact) mass is 242 g/mol. The molecule has 1 rings (SSSR count). The number of aliphatic hydroxyl groups is 1. The lowest BCUT2D eigenvalue weighted by molar-refractivity contribution is -0.125. The second-order valence-electron chi connectivity index (χ2n) is 5.11. The van der Waals surface area contributed by atoms with E-state index in [4.69, 9.17) is 10.8 Å². The number of rotatable bonds is 7. The smallest absolute Gasteiger partial charge is 0.224 e. The second-order valence-corrected chi connectivity index (χ2v) is 5.11. The van der Waals surface area contributed by atoms with Crippen LogP contribution < -0.4 is 11.1 Å². The molecule has 4 nitrogen and oxygen atoms in total. The minimum atomic E-state index is 0.00593. The van der Waals surface area contributed by atoms with Crippen LogP contribution in [0.25, 0.3) is 0 Å². The first kappa shape index (κ1) is 14.5. The molecule has 0 heterocycles. The maximum Gasteiger partial charge on any atom is 0.224 e. The first-order chi connectivity index (χ1) is 8.19. The third-order valence-electron chi connectivity index (χ3n) is 3.71. The van der Waals surface area contributed by atoms with Crippen molar-refractivity contribution < 1.29 is 9.90 Å². The molecule has 1 aliphatic rings. The Balaban J connectivity index is 2.29. The molecule has 0 radical (unpaired) electrons. The maximum absolute atomic E-state index is 11.9. The second kappa shape index (κ2) is 7.67. The van der Waals surface area contributed by atoms with E-state index in [1.165, 1.54) is 0 Å². The molecule has 4 N–H and O–H groups in total.